The fourth-order valence-corrected chi connectivity index (χ4v) is 2.00. The monoisotopic (exact) mass is 241 g/mol. The third-order valence-electron chi connectivity index (χ3n) is 2.09. The first kappa shape index (κ1) is 13.7. The van der Waals surface area contributed by atoms with E-state index < -0.39 is 0 Å². The Morgan fingerprint density at radius 3 is 2.56 bits per heavy atom. The van der Waals surface area contributed by atoms with Crippen LogP contribution < -0.4 is 5.32 Å². The van der Waals surface area contributed by atoms with Crippen molar-refractivity contribution in [2.24, 2.45) is 0 Å². The van der Waals surface area contributed by atoms with E-state index in [-0.39, 0.29) is 0 Å². The lowest BCUT2D eigenvalue weighted by Crippen LogP contribution is -2.13. The fraction of sp³-hybridized carbons (Fsp3) is 0.692. The van der Waals surface area contributed by atoms with Crippen LogP contribution in [0, 0.1) is 0 Å². The summed E-state index contributed by atoms with van der Waals surface area (Å²) in [7, 11) is 0. The number of hydrogen-bond donors (Lipinski definition) is 1. The Bertz CT molecular complexity index is 301. The number of rotatable bonds is 6. The molecule has 92 valence electrons. The largest absolute Gasteiger partial charge is 0.464 e. The standard InChI is InChI=1S/C13H23NOS/c1-5-8-14-9-11-6-7-12(15-11)10-16-13(2,3)4/h6-7,14H,5,8-10H2,1-4H3. The highest BCUT2D eigenvalue weighted by Gasteiger charge is 2.12. The molecule has 1 aromatic heterocycles. The van der Waals surface area contributed by atoms with Gasteiger partial charge in [-0.05, 0) is 25.1 Å². The van der Waals surface area contributed by atoms with Gasteiger partial charge in [0.1, 0.15) is 11.5 Å². The molecule has 1 aromatic rings. The van der Waals surface area contributed by atoms with Crippen molar-refractivity contribution in [3.05, 3.63) is 23.7 Å². The summed E-state index contributed by atoms with van der Waals surface area (Å²) in [5.74, 6) is 3.07. The Morgan fingerprint density at radius 2 is 1.94 bits per heavy atom. The molecule has 0 saturated heterocycles. The fourth-order valence-electron chi connectivity index (χ4n) is 1.27. The van der Waals surface area contributed by atoms with Gasteiger partial charge in [0.2, 0.25) is 0 Å². The Labute approximate surface area is 103 Å². The Hall–Kier alpha value is -0.410. The molecule has 0 radical (unpaired) electrons. The lowest BCUT2D eigenvalue weighted by Gasteiger charge is -2.16. The number of thioether (sulfide) groups is 1. The highest BCUT2D eigenvalue weighted by molar-refractivity contribution is 7.99. The van der Waals surface area contributed by atoms with Crippen LogP contribution in [0.15, 0.2) is 16.5 Å². The summed E-state index contributed by atoms with van der Waals surface area (Å²) in [6.45, 7) is 10.7. The second-order valence-electron chi connectivity index (χ2n) is 4.95. The molecule has 0 aromatic carbocycles. The van der Waals surface area contributed by atoms with E-state index in [1.807, 2.05) is 11.8 Å². The third-order valence-corrected chi connectivity index (χ3v) is 3.39. The molecule has 3 heteroatoms. The van der Waals surface area contributed by atoms with Gasteiger partial charge in [-0.15, -0.1) is 11.8 Å². The summed E-state index contributed by atoms with van der Waals surface area (Å²) in [5.41, 5.74) is 0. The van der Waals surface area contributed by atoms with Crippen molar-refractivity contribution in [2.45, 2.75) is 51.2 Å². The molecule has 1 heterocycles. The summed E-state index contributed by atoms with van der Waals surface area (Å²) < 4.78 is 6.04. The van der Waals surface area contributed by atoms with E-state index in [1.165, 1.54) is 0 Å². The van der Waals surface area contributed by atoms with Crippen LogP contribution in [0.4, 0.5) is 0 Å². The van der Waals surface area contributed by atoms with Crippen LogP contribution >= 0.6 is 11.8 Å². The van der Waals surface area contributed by atoms with E-state index >= 15 is 0 Å². The van der Waals surface area contributed by atoms with Gasteiger partial charge in [-0.3, -0.25) is 0 Å². The second-order valence-corrected chi connectivity index (χ2v) is 6.75. The van der Waals surface area contributed by atoms with Gasteiger partial charge in [-0.2, -0.15) is 0 Å². The van der Waals surface area contributed by atoms with Crippen molar-refractivity contribution in [1.29, 1.82) is 0 Å². The Balaban J connectivity index is 2.33. The molecule has 0 spiro atoms. The van der Waals surface area contributed by atoms with Gasteiger partial charge >= 0.3 is 0 Å². The molecular weight excluding hydrogens is 218 g/mol. The van der Waals surface area contributed by atoms with E-state index in [0.29, 0.717) is 4.75 Å². The first-order valence-corrected chi connectivity index (χ1v) is 6.92. The van der Waals surface area contributed by atoms with Gasteiger partial charge in [0, 0.05) is 4.75 Å². The highest BCUT2D eigenvalue weighted by atomic mass is 32.2. The van der Waals surface area contributed by atoms with Crippen LogP contribution in [0.2, 0.25) is 0 Å². The SMILES string of the molecule is CCCNCc1ccc(CSC(C)(C)C)o1. The maximum absolute atomic E-state index is 5.74. The van der Waals surface area contributed by atoms with Gasteiger partial charge in [-0.1, -0.05) is 27.7 Å². The maximum atomic E-state index is 5.74. The average molecular weight is 241 g/mol. The molecule has 0 bridgehead atoms. The first-order chi connectivity index (χ1) is 7.51. The minimum Gasteiger partial charge on any atom is -0.464 e. The molecule has 1 rings (SSSR count). The van der Waals surface area contributed by atoms with Crippen molar-refractivity contribution in [1.82, 2.24) is 5.32 Å². The normalized spacial score (nSPS) is 12.0. The Kier molecular flexibility index (Phi) is 5.42. The van der Waals surface area contributed by atoms with E-state index in [0.717, 1.165) is 36.8 Å². The lowest BCUT2D eigenvalue weighted by atomic mass is 10.3. The molecular formula is C13H23NOS. The van der Waals surface area contributed by atoms with Crippen molar-refractivity contribution < 1.29 is 4.42 Å². The van der Waals surface area contributed by atoms with E-state index in [9.17, 15) is 0 Å². The lowest BCUT2D eigenvalue weighted by molar-refractivity contribution is 0.459. The molecule has 1 N–H and O–H groups in total. The zero-order chi connectivity index (χ0) is 12.0. The zero-order valence-corrected chi connectivity index (χ0v) is 11.6. The number of hydrogen-bond acceptors (Lipinski definition) is 3. The van der Waals surface area contributed by atoms with E-state index in [1.54, 1.807) is 0 Å². The zero-order valence-electron chi connectivity index (χ0n) is 10.8. The smallest absolute Gasteiger partial charge is 0.117 e. The average Bonchev–Trinajstić information content (AvgIpc) is 2.62. The van der Waals surface area contributed by atoms with E-state index in [4.69, 9.17) is 4.42 Å². The molecule has 0 aliphatic heterocycles. The van der Waals surface area contributed by atoms with Crippen LogP contribution in [-0.2, 0) is 12.3 Å². The number of nitrogens with one attached hydrogen (secondary N) is 1. The minimum atomic E-state index is 0.299. The molecule has 0 aliphatic carbocycles. The van der Waals surface area contributed by atoms with Crippen LogP contribution in [0.1, 0.15) is 45.6 Å². The first-order valence-electron chi connectivity index (χ1n) is 5.93. The minimum absolute atomic E-state index is 0.299. The van der Waals surface area contributed by atoms with Gasteiger partial charge in [-0.25, -0.2) is 0 Å². The third kappa shape index (κ3) is 5.61. The van der Waals surface area contributed by atoms with Crippen LogP contribution in [0.3, 0.4) is 0 Å². The van der Waals surface area contributed by atoms with Crippen LogP contribution in [0.5, 0.6) is 0 Å². The van der Waals surface area contributed by atoms with Gasteiger partial charge in [0.15, 0.2) is 0 Å². The molecule has 0 aliphatic rings. The maximum Gasteiger partial charge on any atom is 0.117 e. The summed E-state index contributed by atoms with van der Waals surface area (Å²) in [6, 6.07) is 4.16. The quantitative estimate of drug-likeness (QED) is 0.767. The van der Waals surface area contributed by atoms with Crippen molar-refractivity contribution in [3.63, 3.8) is 0 Å². The molecule has 0 saturated carbocycles. The molecule has 0 unspecified atom stereocenters. The van der Waals surface area contributed by atoms with Crippen LogP contribution in [-0.4, -0.2) is 11.3 Å². The van der Waals surface area contributed by atoms with E-state index in [2.05, 4.69) is 45.1 Å². The van der Waals surface area contributed by atoms with Crippen molar-refractivity contribution >= 4 is 11.8 Å². The summed E-state index contributed by atoms with van der Waals surface area (Å²) in [5, 5.41) is 3.34. The highest BCUT2D eigenvalue weighted by Crippen LogP contribution is 2.27. The molecule has 0 fully saturated rings. The Morgan fingerprint density at radius 1 is 1.25 bits per heavy atom. The van der Waals surface area contributed by atoms with Gasteiger partial charge < -0.3 is 9.73 Å². The molecule has 0 atom stereocenters. The number of furan rings is 1. The van der Waals surface area contributed by atoms with Crippen molar-refractivity contribution in [3.8, 4) is 0 Å². The van der Waals surface area contributed by atoms with Crippen molar-refractivity contribution in [2.75, 3.05) is 6.54 Å². The topological polar surface area (TPSA) is 25.2 Å². The predicted octanol–water partition coefficient (Wildman–Crippen LogP) is 3.81. The van der Waals surface area contributed by atoms with Gasteiger partial charge in [0.25, 0.3) is 0 Å². The summed E-state index contributed by atoms with van der Waals surface area (Å²) in [4.78, 5) is 0. The summed E-state index contributed by atoms with van der Waals surface area (Å²) in [6.07, 6.45) is 1.16. The molecule has 2 nitrogen and oxygen atoms in total. The predicted molar refractivity (Wildman–Crippen MR) is 71.8 cm³/mol. The van der Waals surface area contributed by atoms with Gasteiger partial charge in [0.05, 0.1) is 12.3 Å². The summed E-state index contributed by atoms with van der Waals surface area (Å²) >= 11 is 1.91. The second kappa shape index (κ2) is 6.36. The van der Waals surface area contributed by atoms with Crippen LogP contribution in [0.25, 0.3) is 0 Å². The molecule has 16 heavy (non-hydrogen) atoms. The molecule has 0 amide bonds.